The lowest BCUT2D eigenvalue weighted by Gasteiger charge is -2.34. The standard InChI is InChI=1S/C21H22Br2N2O3S/c1-14-11-16-12-18(23)6-9-20(16)25(14)21(26)15-3-2-10-24(13-15)29(27,28)19-7-4-17(22)5-8-19/h4-9,12,14-15H,2-3,10-11,13H2,1H3. The molecule has 0 bridgehead atoms. The van der Waals surface area contributed by atoms with Gasteiger partial charge < -0.3 is 4.90 Å². The number of rotatable bonds is 3. The summed E-state index contributed by atoms with van der Waals surface area (Å²) in [5, 5.41) is 0. The summed E-state index contributed by atoms with van der Waals surface area (Å²) in [6.45, 7) is 2.72. The molecule has 0 radical (unpaired) electrons. The van der Waals surface area contributed by atoms with Gasteiger partial charge in [-0.25, -0.2) is 8.42 Å². The molecule has 2 aromatic rings. The Bertz CT molecular complexity index is 1040. The monoisotopic (exact) mass is 540 g/mol. The summed E-state index contributed by atoms with van der Waals surface area (Å²) < 4.78 is 29.4. The fourth-order valence-electron chi connectivity index (χ4n) is 4.25. The third kappa shape index (κ3) is 4.04. The van der Waals surface area contributed by atoms with Crippen LogP contribution in [0.2, 0.25) is 0 Å². The van der Waals surface area contributed by atoms with Gasteiger partial charge in [-0.1, -0.05) is 31.9 Å². The number of sulfonamides is 1. The number of hydrogen-bond acceptors (Lipinski definition) is 3. The van der Waals surface area contributed by atoms with E-state index in [1.165, 1.54) is 4.31 Å². The molecule has 2 aromatic carbocycles. The Balaban J connectivity index is 1.56. The van der Waals surface area contributed by atoms with Crippen molar-refractivity contribution in [1.82, 2.24) is 4.31 Å². The summed E-state index contributed by atoms with van der Waals surface area (Å²) in [6, 6.07) is 12.7. The third-order valence-corrected chi connectivity index (χ3v) is 8.58. The molecule has 2 unspecified atom stereocenters. The number of benzene rings is 2. The Morgan fingerprint density at radius 1 is 1.07 bits per heavy atom. The normalized spacial score (nSPS) is 22.5. The Morgan fingerprint density at radius 3 is 2.48 bits per heavy atom. The maximum absolute atomic E-state index is 13.4. The van der Waals surface area contributed by atoms with Gasteiger partial charge in [-0.3, -0.25) is 4.79 Å². The highest BCUT2D eigenvalue weighted by molar-refractivity contribution is 9.10. The van der Waals surface area contributed by atoms with E-state index < -0.39 is 10.0 Å². The molecule has 1 fully saturated rings. The topological polar surface area (TPSA) is 57.7 Å². The molecule has 2 atom stereocenters. The summed E-state index contributed by atoms with van der Waals surface area (Å²) >= 11 is 6.83. The molecule has 2 aliphatic rings. The van der Waals surface area contributed by atoms with Crippen molar-refractivity contribution in [3.05, 3.63) is 57.0 Å². The third-order valence-electron chi connectivity index (χ3n) is 5.68. The molecule has 154 valence electrons. The van der Waals surface area contributed by atoms with Crippen LogP contribution in [0.1, 0.15) is 25.3 Å². The van der Waals surface area contributed by atoms with E-state index in [4.69, 9.17) is 0 Å². The zero-order chi connectivity index (χ0) is 20.8. The van der Waals surface area contributed by atoms with Gasteiger partial charge in [-0.05, 0) is 74.2 Å². The van der Waals surface area contributed by atoms with E-state index in [9.17, 15) is 13.2 Å². The van der Waals surface area contributed by atoms with E-state index in [-0.39, 0.29) is 29.3 Å². The Hall–Kier alpha value is -1.22. The largest absolute Gasteiger partial charge is 0.309 e. The average Bonchev–Trinajstić information content (AvgIpc) is 3.02. The summed E-state index contributed by atoms with van der Waals surface area (Å²) in [6.07, 6.45) is 2.20. The molecular formula is C21H22Br2N2O3S. The number of anilines is 1. The first-order valence-corrected chi connectivity index (χ1v) is 12.7. The minimum atomic E-state index is -3.61. The molecule has 2 heterocycles. The van der Waals surface area contributed by atoms with Crippen LogP contribution in [-0.4, -0.2) is 37.8 Å². The van der Waals surface area contributed by atoms with Crippen LogP contribution in [0.3, 0.4) is 0 Å². The predicted octanol–water partition coefficient (Wildman–Crippen LogP) is 4.59. The number of amides is 1. The summed E-state index contributed by atoms with van der Waals surface area (Å²) in [4.78, 5) is 15.5. The number of carbonyl (C=O) groups is 1. The van der Waals surface area contributed by atoms with Crippen LogP contribution in [0.5, 0.6) is 0 Å². The van der Waals surface area contributed by atoms with Crippen molar-refractivity contribution < 1.29 is 13.2 Å². The van der Waals surface area contributed by atoms with Crippen LogP contribution in [0, 0.1) is 5.92 Å². The molecule has 0 spiro atoms. The number of piperidine rings is 1. The van der Waals surface area contributed by atoms with E-state index >= 15 is 0 Å². The Labute approximate surface area is 188 Å². The van der Waals surface area contributed by atoms with Crippen LogP contribution in [-0.2, 0) is 21.2 Å². The first kappa shape index (κ1) is 21.0. The molecule has 4 rings (SSSR count). The van der Waals surface area contributed by atoms with Crippen LogP contribution in [0.25, 0.3) is 0 Å². The maximum atomic E-state index is 13.4. The number of carbonyl (C=O) groups excluding carboxylic acids is 1. The van der Waals surface area contributed by atoms with Gasteiger partial charge >= 0.3 is 0 Å². The summed E-state index contributed by atoms with van der Waals surface area (Å²) in [5.74, 6) is -0.305. The van der Waals surface area contributed by atoms with E-state index in [0.29, 0.717) is 19.4 Å². The number of fused-ring (bicyclic) bond motifs is 1. The van der Waals surface area contributed by atoms with E-state index in [0.717, 1.165) is 26.6 Å². The van der Waals surface area contributed by atoms with E-state index in [1.807, 2.05) is 24.0 Å². The van der Waals surface area contributed by atoms with Crippen molar-refractivity contribution >= 4 is 53.5 Å². The second kappa shape index (κ2) is 8.13. The van der Waals surface area contributed by atoms with E-state index in [2.05, 4.69) is 37.9 Å². The van der Waals surface area contributed by atoms with Gasteiger partial charge in [-0.15, -0.1) is 0 Å². The van der Waals surface area contributed by atoms with Gasteiger partial charge in [-0.2, -0.15) is 4.31 Å². The molecule has 0 N–H and O–H groups in total. The zero-order valence-electron chi connectivity index (χ0n) is 16.0. The van der Waals surface area contributed by atoms with Crippen molar-refractivity contribution in [3.8, 4) is 0 Å². The second-order valence-corrected chi connectivity index (χ2v) is 11.5. The molecular weight excluding hydrogens is 520 g/mol. The molecule has 29 heavy (non-hydrogen) atoms. The fourth-order valence-corrected chi connectivity index (χ4v) is 6.45. The first-order chi connectivity index (χ1) is 13.8. The van der Waals surface area contributed by atoms with Gasteiger partial charge in [0.05, 0.1) is 10.8 Å². The smallest absolute Gasteiger partial charge is 0.243 e. The lowest BCUT2D eigenvalue weighted by Crippen LogP contribution is -2.48. The van der Waals surface area contributed by atoms with Gasteiger partial charge in [0.25, 0.3) is 0 Å². The molecule has 5 nitrogen and oxygen atoms in total. The molecule has 1 amide bonds. The van der Waals surface area contributed by atoms with Gasteiger partial charge in [0, 0.05) is 33.8 Å². The molecule has 0 aromatic heterocycles. The average molecular weight is 542 g/mol. The van der Waals surface area contributed by atoms with Crippen molar-refractivity contribution in [3.63, 3.8) is 0 Å². The SMILES string of the molecule is CC1Cc2cc(Br)ccc2N1C(=O)C1CCCN(S(=O)(=O)c2ccc(Br)cc2)C1. The lowest BCUT2D eigenvalue weighted by atomic mass is 9.97. The highest BCUT2D eigenvalue weighted by Crippen LogP contribution is 2.36. The van der Waals surface area contributed by atoms with Gasteiger partial charge in [0.2, 0.25) is 15.9 Å². The highest BCUT2D eigenvalue weighted by Gasteiger charge is 2.39. The maximum Gasteiger partial charge on any atom is 0.243 e. The number of halogens is 2. The quantitative estimate of drug-likeness (QED) is 0.571. The molecule has 0 saturated carbocycles. The lowest BCUT2D eigenvalue weighted by molar-refractivity contribution is -0.123. The second-order valence-electron chi connectivity index (χ2n) is 7.69. The molecule has 0 aliphatic carbocycles. The first-order valence-electron chi connectivity index (χ1n) is 9.64. The Kier molecular flexibility index (Phi) is 5.90. The highest BCUT2D eigenvalue weighted by atomic mass is 79.9. The number of nitrogens with zero attached hydrogens (tertiary/aromatic N) is 2. The molecule has 8 heteroatoms. The van der Waals surface area contributed by atoms with Crippen LogP contribution >= 0.6 is 31.9 Å². The predicted molar refractivity (Wildman–Crippen MR) is 120 cm³/mol. The van der Waals surface area contributed by atoms with Gasteiger partial charge in [0.15, 0.2) is 0 Å². The zero-order valence-corrected chi connectivity index (χ0v) is 20.0. The van der Waals surface area contributed by atoms with Crippen molar-refractivity contribution in [2.75, 3.05) is 18.0 Å². The van der Waals surface area contributed by atoms with Crippen molar-refractivity contribution in [1.29, 1.82) is 0 Å². The van der Waals surface area contributed by atoms with Crippen LogP contribution in [0.4, 0.5) is 5.69 Å². The van der Waals surface area contributed by atoms with Crippen molar-refractivity contribution in [2.24, 2.45) is 5.92 Å². The molecule has 2 aliphatic heterocycles. The van der Waals surface area contributed by atoms with Crippen LogP contribution < -0.4 is 4.90 Å². The van der Waals surface area contributed by atoms with Gasteiger partial charge in [0.1, 0.15) is 0 Å². The van der Waals surface area contributed by atoms with Crippen LogP contribution in [0.15, 0.2) is 56.3 Å². The van der Waals surface area contributed by atoms with E-state index in [1.54, 1.807) is 24.3 Å². The van der Waals surface area contributed by atoms with Crippen molar-refractivity contribution in [2.45, 2.75) is 37.1 Å². The Morgan fingerprint density at radius 2 is 1.76 bits per heavy atom. The minimum absolute atomic E-state index is 0.0225. The minimum Gasteiger partial charge on any atom is -0.309 e. The molecule has 1 saturated heterocycles. The summed E-state index contributed by atoms with van der Waals surface area (Å²) in [5.41, 5.74) is 2.09. The summed E-state index contributed by atoms with van der Waals surface area (Å²) in [7, 11) is -3.61. The fraction of sp³-hybridized carbons (Fsp3) is 0.381. The number of hydrogen-bond donors (Lipinski definition) is 0.